The van der Waals surface area contributed by atoms with Gasteiger partial charge in [-0.1, -0.05) is 0 Å². The largest absolute Gasteiger partial charge is 0.497 e. The van der Waals surface area contributed by atoms with E-state index in [1.54, 1.807) is 19.4 Å². The highest BCUT2D eigenvalue weighted by Crippen LogP contribution is 2.26. The topological polar surface area (TPSA) is 67.3 Å². The number of amides is 1. The molecule has 3 aromatic rings. The molecule has 0 saturated heterocycles. The van der Waals surface area contributed by atoms with Crippen molar-refractivity contribution in [3.8, 4) is 5.75 Å². The molecule has 4 rings (SSSR count). The van der Waals surface area contributed by atoms with E-state index in [1.807, 2.05) is 40.8 Å². The zero-order valence-electron chi connectivity index (χ0n) is 14.2. The van der Waals surface area contributed by atoms with E-state index in [9.17, 15) is 9.59 Å². The van der Waals surface area contributed by atoms with Gasteiger partial charge in [0.05, 0.1) is 7.11 Å². The lowest BCUT2D eigenvalue weighted by Crippen LogP contribution is -2.37. The lowest BCUT2D eigenvalue weighted by Gasteiger charge is -2.28. The van der Waals surface area contributed by atoms with Gasteiger partial charge in [-0.2, -0.15) is 0 Å². The van der Waals surface area contributed by atoms with Crippen LogP contribution in [0.15, 0.2) is 41.3 Å². The Balaban J connectivity index is 1.67. The summed E-state index contributed by atoms with van der Waals surface area (Å²) in [4.78, 5) is 29.0. The van der Waals surface area contributed by atoms with Crippen LogP contribution in [0.2, 0.25) is 0 Å². The molecule has 1 aliphatic rings. The van der Waals surface area contributed by atoms with Crippen molar-refractivity contribution in [2.75, 3.05) is 13.7 Å². The number of hydrogen-bond acceptors (Lipinski definition) is 3. The average Bonchev–Trinajstić information content (AvgIpc) is 2.96. The van der Waals surface area contributed by atoms with Crippen LogP contribution in [0.25, 0.3) is 10.9 Å². The molecule has 0 bridgehead atoms. The Bertz CT molecular complexity index is 1030. The van der Waals surface area contributed by atoms with Crippen LogP contribution in [-0.2, 0) is 20.0 Å². The molecular formula is C19H19N3O3. The average molecular weight is 337 g/mol. The van der Waals surface area contributed by atoms with Crippen LogP contribution < -0.4 is 10.3 Å². The Labute approximate surface area is 144 Å². The fraction of sp³-hybridized carbons (Fsp3) is 0.263. The van der Waals surface area contributed by atoms with Crippen LogP contribution in [0, 0.1) is 0 Å². The van der Waals surface area contributed by atoms with Gasteiger partial charge in [0.2, 0.25) is 5.56 Å². The van der Waals surface area contributed by atoms with Crippen molar-refractivity contribution >= 4 is 16.8 Å². The van der Waals surface area contributed by atoms with Crippen molar-refractivity contribution in [1.82, 2.24) is 14.5 Å². The Morgan fingerprint density at radius 1 is 1.20 bits per heavy atom. The van der Waals surface area contributed by atoms with Crippen LogP contribution in [0.3, 0.4) is 0 Å². The standard InChI is InChI=1S/C19H19N3O3/c1-21-16-4-3-15(25-2)7-13(16)8-17(21)19(24)22-6-5-12-9-18(23)20-10-14(12)11-22/h3-4,7-10H,5-6,11H2,1-2H3,(H,20,23). The second kappa shape index (κ2) is 5.81. The van der Waals surface area contributed by atoms with Gasteiger partial charge in [-0.25, -0.2) is 0 Å². The van der Waals surface area contributed by atoms with E-state index in [0.29, 0.717) is 25.2 Å². The van der Waals surface area contributed by atoms with Crippen molar-refractivity contribution < 1.29 is 9.53 Å². The number of pyridine rings is 1. The van der Waals surface area contributed by atoms with Gasteiger partial charge in [0.15, 0.2) is 0 Å². The van der Waals surface area contributed by atoms with Crippen LogP contribution in [0.4, 0.5) is 0 Å². The molecule has 1 aliphatic heterocycles. The van der Waals surface area contributed by atoms with Gasteiger partial charge in [0.25, 0.3) is 5.91 Å². The number of methoxy groups -OCH3 is 1. The second-order valence-electron chi connectivity index (χ2n) is 6.34. The Hall–Kier alpha value is -3.02. The molecule has 128 valence electrons. The number of aryl methyl sites for hydroxylation is 1. The summed E-state index contributed by atoms with van der Waals surface area (Å²) in [5.74, 6) is 0.766. The van der Waals surface area contributed by atoms with E-state index in [0.717, 1.165) is 27.8 Å². The van der Waals surface area contributed by atoms with E-state index in [-0.39, 0.29) is 11.5 Å². The zero-order chi connectivity index (χ0) is 17.6. The van der Waals surface area contributed by atoms with Gasteiger partial charge >= 0.3 is 0 Å². The lowest BCUT2D eigenvalue weighted by molar-refractivity contribution is 0.0725. The number of carbonyl (C=O) groups is 1. The molecule has 0 fully saturated rings. The van der Waals surface area contributed by atoms with Gasteiger partial charge in [-0.15, -0.1) is 0 Å². The van der Waals surface area contributed by atoms with Crippen molar-refractivity contribution in [1.29, 1.82) is 0 Å². The number of nitrogens with one attached hydrogen (secondary N) is 1. The van der Waals surface area contributed by atoms with E-state index in [1.165, 1.54) is 0 Å². The van der Waals surface area contributed by atoms with Crippen LogP contribution >= 0.6 is 0 Å². The first-order valence-corrected chi connectivity index (χ1v) is 8.20. The maximum Gasteiger partial charge on any atom is 0.270 e. The number of fused-ring (bicyclic) bond motifs is 2. The normalized spacial score (nSPS) is 13.8. The highest BCUT2D eigenvalue weighted by molar-refractivity contribution is 5.99. The second-order valence-corrected chi connectivity index (χ2v) is 6.34. The summed E-state index contributed by atoms with van der Waals surface area (Å²) in [6.07, 6.45) is 2.41. The summed E-state index contributed by atoms with van der Waals surface area (Å²) in [5, 5.41) is 0.979. The van der Waals surface area contributed by atoms with E-state index in [2.05, 4.69) is 4.98 Å². The molecule has 0 atom stereocenters. The number of nitrogens with zero attached hydrogens (tertiary/aromatic N) is 2. The van der Waals surface area contributed by atoms with Crippen LogP contribution in [0.1, 0.15) is 21.6 Å². The Morgan fingerprint density at radius 3 is 2.84 bits per heavy atom. The molecule has 1 N–H and O–H groups in total. The third-order valence-corrected chi connectivity index (χ3v) is 4.87. The molecule has 0 radical (unpaired) electrons. The summed E-state index contributed by atoms with van der Waals surface area (Å²) < 4.78 is 7.18. The molecule has 0 saturated carbocycles. The molecule has 25 heavy (non-hydrogen) atoms. The molecule has 0 aliphatic carbocycles. The molecule has 2 aromatic heterocycles. The predicted octanol–water partition coefficient (Wildman–Crippen LogP) is 2.07. The molecular weight excluding hydrogens is 318 g/mol. The van der Waals surface area contributed by atoms with Crippen LogP contribution in [-0.4, -0.2) is 34.0 Å². The number of rotatable bonds is 2. The monoisotopic (exact) mass is 337 g/mol. The van der Waals surface area contributed by atoms with Crippen molar-refractivity contribution in [2.45, 2.75) is 13.0 Å². The zero-order valence-corrected chi connectivity index (χ0v) is 14.2. The fourth-order valence-corrected chi connectivity index (χ4v) is 3.46. The first kappa shape index (κ1) is 15.5. The number of ether oxygens (including phenoxy) is 1. The summed E-state index contributed by atoms with van der Waals surface area (Å²) in [6.45, 7) is 1.12. The minimum absolute atomic E-state index is 0.00508. The highest BCUT2D eigenvalue weighted by Gasteiger charge is 2.24. The number of benzene rings is 1. The third kappa shape index (κ3) is 2.59. The molecule has 0 spiro atoms. The summed E-state index contributed by atoms with van der Waals surface area (Å²) in [5.41, 5.74) is 3.57. The van der Waals surface area contributed by atoms with Crippen molar-refractivity contribution in [3.05, 3.63) is 63.7 Å². The minimum Gasteiger partial charge on any atom is -0.497 e. The summed E-state index contributed by atoms with van der Waals surface area (Å²) in [7, 11) is 3.53. The van der Waals surface area contributed by atoms with Crippen molar-refractivity contribution in [2.24, 2.45) is 7.05 Å². The summed E-state index contributed by atoms with van der Waals surface area (Å²) in [6, 6.07) is 9.32. The molecule has 0 unspecified atom stereocenters. The van der Waals surface area contributed by atoms with Gasteiger partial charge < -0.3 is 19.2 Å². The van der Waals surface area contributed by atoms with E-state index in [4.69, 9.17) is 4.74 Å². The fourth-order valence-electron chi connectivity index (χ4n) is 3.46. The van der Waals surface area contributed by atoms with Crippen LogP contribution in [0.5, 0.6) is 5.75 Å². The number of carbonyl (C=O) groups excluding carboxylic acids is 1. The third-order valence-electron chi connectivity index (χ3n) is 4.87. The smallest absolute Gasteiger partial charge is 0.270 e. The Kier molecular flexibility index (Phi) is 3.60. The van der Waals surface area contributed by atoms with Gasteiger partial charge in [0.1, 0.15) is 11.4 Å². The number of hydrogen-bond donors (Lipinski definition) is 1. The molecule has 1 amide bonds. The molecule has 6 nitrogen and oxygen atoms in total. The van der Waals surface area contributed by atoms with E-state index >= 15 is 0 Å². The van der Waals surface area contributed by atoms with Crippen molar-refractivity contribution in [3.63, 3.8) is 0 Å². The quantitative estimate of drug-likeness (QED) is 0.778. The number of aromatic nitrogens is 2. The number of aromatic amines is 1. The maximum atomic E-state index is 13.0. The van der Waals surface area contributed by atoms with Gasteiger partial charge in [-0.05, 0) is 41.8 Å². The molecule has 1 aromatic carbocycles. The predicted molar refractivity (Wildman–Crippen MR) is 95.0 cm³/mol. The number of H-pyrrole nitrogens is 1. The van der Waals surface area contributed by atoms with Gasteiger partial charge in [-0.3, -0.25) is 9.59 Å². The first-order chi connectivity index (χ1) is 12.1. The Morgan fingerprint density at radius 2 is 2.04 bits per heavy atom. The molecule has 3 heterocycles. The SMILES string of the molecule is COc1ccc2c(c1)cc(C(=O)N1CCc3cc(=O)[nH]cc3C1)n2C. The maximum absolute atomic E-state index is 13.0. The summed E-state index contributed by atoms with van der Waals surface area (Å²) >= 11 is 0. The first-order valence-electron chi connectivity index (χ1n) is 8.20. The molecule has 6 heteroatoms. The van der Waals surface area contributed by atoms with Gasteiger partial charge in [0, 0.05) is 43.3 Å². The minimum atomic E-state index is -0.0962. The highest BCUT2D eigenvalue weighted by atomic mass is 16.5. The lowest BCUT2D eigenvalue weighted by atomic mass is 10.0. The van der Waals surface area contributed by atoms with E-state index < -0.39 is 0 Å².